The third kappa shape index (κ3) is 5.35. The van der Waals surface area contributed by atoms with Gasteiger partial charge in [0, 0.05) is 18.8 Å². The number of aromatic amines is 1. The SMILES string of the molecule is Cc1cccc(-c2ccc(C(=O)NCc3ccccc3CN3CCC(C)CC3)c(=O)[nH]2)c1. The quantitative estimate of drug-likeness (QED) is 0.606. The van der Waals surface area contributed by atoms with Crippen LogP contribution < -0.4 is 10.9 Å². The van der Waals surface area contributed by atoms with Gasteiger partial charge in [-0.25, -0.2) is 0 Å². The second-order valence-electron chi connectivity index (χ2n) is 8.89. The summed E-state index contributed by atoms with van der Waals surface area (Å²) in [7, 11) is 0. The molecule has 32 heavy (non-hydrogen) atoms. The number of nitrogens with zero attached hydrogens (tertiary/aromatic N) is 1. The molecule has 0 aliphatic carbocycles. The van der Waals surface area contributed by atoms with Gasteiger partial charge in [-0.3, -0.25) is 14.5 Å². The molecule has 0 atom stereocenters. The van der Waals surface area contributed by atoms with Gasteiger partial charge in [0.1, 0.15) is 5.56 Å². The van der Waals surface area contributed by atoms with Gasteiger partial charge in [0.2, 0.25) is 0 Å². The number of hydrogen-bond acceptors (Lipinski definition) is 3. The van der Waals surface area contributed by atoms with E-state index in [0.717, 1.165) is 42.2 Å². The van der Waals surface area contributed by atoms with Crippen LogP contribution in [0.15, 0.2) is 65.5 Å². The van der Waals surface area contributed by atoms with Crippen molar-refractivity contribution in [3.63, 3.8) is 0 Å². The van der Waals surface area contributed by atoms with E-state index < -0.39 is 0 Å². The molecular formula is C27H31N3O2. The summed E-state index contributed by atoms with van der Waals surface area (Å²) in [6.45, 7) is 7.85. The third-order valence-corrected chi connectivity index (χ3v) is 6.31. The van der Waals surface area contributed by atoms with Crippen LogP contribution in [-0.2, 0) is 13.1 Å². The zero-order valence-electron chi connectivity index (χ0n) is 18.9. The lowest BCUT2D eigenvalue weighted by molar-refractivity contribution is 0.0949. The summed E-state index contributed by atoms with van der Waals surface area (Å²) >= 11 is 0. The smallest absolute Gasteiger partial charge is 0.261 e. The Bertz CT molecular complexity index is 1140. The van der Waals surface area contributed by atoms with E-state index in [-0.39, 0.29) is 17.0 Å². The molecule has 166 valence electrons. The summed E-state index contributed by atoms with van der Waals surface area (Å²) in [5.74, 6) is 0.444. The van der Waals surface area contributed by atoms with E-state index in [1.54, 1.807) is 12.1 Å². The maximum absolute atomic E-state index is 12.7. The van der Waals surface area contributed by atoms with Crippen molar-refractivity contribution in [1.29, 1.82) is 0 Å². The van der Waals surface area contributed by atoms with Gasteiger partial charge in [-0.05, 0) is 73.7 Å². The molecule has 1 aliphatic rings. The first-order valence-electron chi connectivity index (χ1n) is 11.4. The first-order valence-corrected chi connectivity index (χ1v) is 11.4. The maximum atomic E-state index is 12.7. The molecule has 2 heterocycles. The van der Waals surface area contributed by atoms with E-state index in [0.29, 0.717) is 12.2 Å². The number of nitrogens with one attached hydrogen (secondary N) is 2. The highest BCUT2D eigenvalue weighted by atomic mass is 16.2. The topological polar surface area (TPSA) is 65.2 Å². The van der Waals surface area contributed by atoms with Gasteiger partial charge in [-0.2, -0.15) is 0 Å². The molecule has 0 spiro atoms. The summed E-state index contributed by atoms with van der Waals surface area (Å²) in [6, 6.07) is 19.5. The van der Waals surface area contributed by atoms with Crippen LogP contribution in [0.1, 0.15) is 46.8 Å². The normalized spacial score (nSPS) is 14.9. The van der Waals surface area contributed by atoms with Gasteiger partial charge >= 0.3 is 0 Å². The number of likely N-dealkylation sites (tertiary alicyclic amines) is 1. The van der Waals surface area contributed by atoms with Crippen molar-refractivity contribution < 1.29 is 4.79 Å². The molecule has 3 aromatic rings. The number of hydrogen-bond donors (Lipinski definition) is 2. The van der Waals surface area contributed by atoms with Crippen LogP contribution in [0, 0.1) is 12.8 Å². The van der Waals surface area contributed by atoms with E-state index in [1.165, 1.54) is 18.4 Å². The Hall–Kier alpha value is -3.18. The molecule has 1 saturated heterocycles. The van der Waals surface area contributed by atoms with Crippen molar-refractivity contribution >= 4 is 5.91 Å². The Morgan fingerprint density at radius 3 is 2.50 bits per heavy atom. The lowest BCUT2D eigenvalue weighted by Crippen LogP contribution is -2.33. The number of carbonyl (C=O) groups excluding carboxylic acids is 1. The van der Waals surface area contributed by atoms with Crippen molar-refractivity contribution in [2.24, 2.45) is 5.92 Å². The van der Waals surface area contributed by atoms with E-state index in [1.807, 2.05) is 49.4 Å². The van der Waals surface area contributed by atoms with Crippen LogP contribution in [0.3, 0.4) is 0 Å². The number of carbonyl (C=O) groups is 1. The Kier molecular flexibility index (Phi) is 6.86. The van der Waals surface area contributed by atoms with E-state index >= 15 is 0 Å². The second-order valence-corrected chi connectivity index (χ2v) is 8.89. The lowest BCUT2D eigenvalue weighted by Gasteiger charge is -2.30. The minimum Gasteiger partial charge on any atom is -0.348 e. The average molecular weight is 430 g/mol. The molecular weight excluding hydrogens is 398 g/mol. The molecule has 0 unspecified atom stereocenters. The average Bonchev–Trinajstić information content (AvgIpc) is 2.80. The molecule has 0 saturated carbocycles. The molecule has 1 aromatic heterocycles. The number of piperidine rings is 1. The molecule has 2 N–H and O–H groups in total. The monoisotopic (exact) mass is 429 g/mol. The van der Waals surface area contributed by atoms with Gasteiger partial charge in [0.25, 0.3) is 11.5 Å². The number of benzene rings is 2. The molecule has 1 aliphatic heterocycles. The fourth-order valence-electron chi connectivity index (χ4n) is 4.25. The van der Waals surface area contributed by atoms with Gasteiger partial charge in [-0.15, -0.1) is 0 Å². The maximum Gasteiger partial charge on any atom is 0.261 e. The summed E-state index contributed by atoms with van der Waals surface area (Å²) < 4.78 is 0. The first kappa shape index (κ1) is 22.0. The van der Waals surface area contributed by atoms with Crippen LogP contribution in [0.2, 0.25) is 0 Å². The van der Waals surface area contributed by atoms with E-state index in [4.69, 9.17) is 0 Å². The number of aromatic nitrogens is 1. The molecule has 5 nitrogen and oxygen atoms in total. The predicted octanol–water partition coefficient (Wildman–Crippen LogP) is 4.51. The molecule has 2 aromatic carbocycles. The summed E-state index contributed by atoms with van der Waals surface area (Å²) in [5, 5.41) is 2.93. The highest BCUT2D eigenvalue weighted by Gasteiger charge is 2.17. The minimum atomic E-state index is -0.378. The van der Waals surface area contributed by atoms with Gasteiger partial charge < -0.3 is 10.3 Å². The van der Waals surface area contributed by atoms with Crippen molar-refractivity contribution in [1.82, 2.24) is 15.2 Å². The molecule has 0 radical (unpaired) electrons. The van der Waals surface area contributed by atoms with Crippen molar-refractivity contribution in [3.8, 4) is 11.3 Å². The molecule has 4 rings (SSSR count). The second kappa shape index (κ2) is 9.96. The molecule has 1 amide bonds. The highest BCUT2D eigenvalue weighted by Crippen LogP contribution is 2.20. The number of H-pyrrole nitrogens is 1. The van der Waals surface area contributed by atoms with Gasteiger partial charge in [0.05, 0.1) is 0 Å². The van der Waals surface area contributed by atoms with Crippen molar-refractivity contribution in [2.45, 2.75) is 39.8 Å². The fourth-order valence-corrected chi connectivity index (χ4v) is 4.25. The summed E-state index contributed by atoms with van der Waals surface area (Å²) in [6.07, 6.45) is 2.47. The van der Waals surface area contributed by atoms with Gasteiger partial charge in [-0.1, -0.05) is 55.0 Å². The van der Waals surface area contributed by atoms with E-state index in [2.05, 4.69) is 28.2 Å². The third-order valence-electron chi connectivity index (χ3n) is 6.31. The Labute approximate surface area is 189 Å². The van der Waals surface area contributed by atoms with Crippen LogP contribution in [0.4, 0.5) is 0 Å². The van der Waals surface area contributed by atoms with E-state index in [9.17, 15) is 9.59 Å². The number of amides is 1. The highest BCUT2D eigenvalue weighted by molar-refractivity contribution is 5.94. The van der Waals surface area contributed by atoms with Gasteiger partial charge in [0.15, 0.2) is 0 Å². The van der Waals surface area contributed by atoms with Crippen LogP contribution in [-0.4, -0.2) is 28.9 Å². The Morgan fingerprint density at radius 2 is 1.78 bits per heavy atom. The molecule has 5 heteroatoms. The standard InChI is InChI=1S/C27H31N3O2/c1-19-12-14-30(15-13-19)18-23-8-4-3-7-22(23)17-28-26(31)24-10-11-25(29-27(24)32)21-9-5-6-20(2)16-21/h3-11,16,19H,12-15,17-18H2,1-2H3,(H,28,31)(H,29,32). The predicted molar refractivity (Wildman–Crippen MR) is 129 cm³/mol. The van der Waals surface area contributed by atoms with Crippen molar-refractivity contribution in [3.05, 3.63) is 93.3 Å². The summed E-state index contributed by atoms with van der Waals surface area (Å²) in [4.78, 5) is 30.6. The Morgan fingerprint density at radius 1 is 1.03 bits per heavy atom. The zero-order valence-corrected chi connectivity index (χ0v) is 18.9. The summed E-state index contributed by atoms with van der Waals surface area (Å²) in [5.41, 5.74) is 4.81. The number of rotatable bonds is 6. The zero-order chi connectivity index (χ0) is 22.5. The molecule has 1 fully saturated rings. The van der Waals surface area contributed by atoms with Crippen LogP contribution in [0.25, 0.3) is 11.3 Å². The first-order chi connectivity index (χ1) is 15.5. The van der Waals surface area contributed by atoms with Crippen LogP contribution >= 0.6 is 0 Å². The fraction of sp³-hybridized carbons (Fsp3) is 0.333. The molecule has 0 bridgehead atoms. The minimum absolute atomic E-state index is 0.129. The lowest BCUT2D eigenvalue weighted by atomic mass is 9.98. The Balaban J connectivity index is 1.42. The number of pyridine rings is 1. The largest absolute Gasteiger partial charge is 0.348 e. The van der Waals surface area contributed by atoms with Crippen LogP contribution in [0.5, 0.6) is 0 Å². The number of aryl methyl sites for hydroxylation is 1. The van der Waals surface area contributed by atoms with Crippen molar-refractivity contribution in [2.75, 3.05) is 13.1 Å².